The van der Waals surface area contributed by atoms with Gasteiger partial charge in [0.1, 0.15) is 11.6 Å². The maximum absolute atomic E-state index is 12.9. The number of nitrogens with one attached hydrogen (secondary N) is 1. The summed E-state index contributed by atoms with van der Waals surface area (Å²) in [7, 11) is -1.26. The van der Waals surface area contributed by atoms with E-state index in [4.69, 9.17) is 4.42 Å². The van der Waals surface area contributed by atoms with Crippen LogP contribution in [0.3, 0.4) is 0 Å². The Morgan fingerprint density at radius 2 is 1.73 bits per heavy atom. The number of carbonyl (C=O) groups excluding carboxylic acids is 1. The Morgan fingerprint density at radius 1 is 1.04 bits per heavy atom. The molecule has 3 aromatic rings. The molecule has 0 spiro atoms. The summed E-state index contributed by atoms with van der Waals surface area (Å²) in [5.74, 6) is 0.102. The van der Waals surface area contributed by atoms with Crippen LogP contribution < -0.4 is 5.32 Å². The van der Waals surface area contributed by atoms with Gasteiger partial charge in [-0.3, -0.25) is 9.00 Å². The van der Waals surface area contributed by atoms with Crippen molar-refractivity contribution in [3.63, 3.8) is 0 Å². The fraction of sp³-hybridized carbons (Fsp3) is 0.105. The molecule has 0 aliphatic heterocycles. The van der Waals surface area contributed by atoms with Gasteiger partial charge >= 0.3 is 0 Å². The summed E-state index contributed by atoms with van der Waals surface area (Å²) in [4.78, 5) is 12.8. The van der Waals surface area contributed by atoms with Gasteiger partial charge in [0.05, 0.1) is 16.6 Å². The number of amides is 1. The standard InChI is InChI=1S/C19H15BrFNO3S/c20-14-3-8-17(9-4-14)26(24)12-16-7-10-18(25-16)19(23)22-11-13-1-5-15(21)6-2-13/h1-10H,11-12H2,(H,22,23)/t26-/m1/s1. The summed E-state index contributed by atoms with van der Waals surface area (Å²) in [6.45, 7) is 0.264. The number of rotatable bonds is 6. The summed E-state index contributed by atoms with van der Waals surface area (Å²) >= 11 is 3.34. The molecule has 0 unspecified atom stereocenters. The highest BCUT2D eigenvalue weighted by molar-refractivity contribution is 9.10. The molecule has 1 atom stereocenters. The van der Waals surface area contributed by atoms with E-state index in [1.165, 1.54) is 12.1 Å². The monoisotopic (exact) mass is 435 g/mol. The first-order chi connectivity index (χ1) is 12.5. The van der Waals surface area contributed by atoms with Crippen LogP contribution in [-0.2, 0) is 23.1 Å². The second-order valence-corrected chi connectivity index (χ2v) is 7.89. The van der Waals surface area contributed by atoms with Gasteiger partial charge in [0.2, 0.25) is 0 Å². The van der Waals surface area contributed by atoms with E-state index in [1.807, 2.05) is 12.1 Å². The molecule has 0 aliphatic rings. The van der Waals surface area contributed by atoms with Crippen LogP contribution in [0, 0.1) is 5.82 Å². The zero-order valence-corrected chi connectivity index (χ0v) is 16.0. The lowest BCUT2D eigenvalue weighted by molar-refractivity contribution is 0.0921. The lowest BCUT2D eigenvalue weighted by Gasteiger charge is -2.03. The third-order valence-corrected chi connectivity index (χ3v) is 5.47. The topological polar surface area (TPSA) is 59.3 Å². The molecular weight excluding hydrogens is 421 g/mol. The zero-order valence-electron chi connectivity index (χ0n) is 13.6. The van der Waals surface area contributed by atoms with Gasteiger partial charge in [0.15, 0.2) is 5.76 Å². The van der Waals surface area contributed by atoms with Crippen molar-refractivity contribution in [2.75, 3.05) is 0 Å². The van der Waals surface area contributed by atoms with Crippen LogP contribution in [0.15, 0.2) is 74.4 Å². The third-order valence-electron chi connectivity index (χ3n) is 3.60. The number of hydrogen-bond donors (Lipinski definition) is 1. The molecule has 1 amide bonds. The Hall–Kier alpha value is -2.25. The second kappa shape index (κ2) is 8.42. The van der Waals surface area contributed by atoms with Crippen LogP contribution in [0.25, 0.3) is 0 Å². The van der Waals surface area contributed by atoms with Crippen LogP contribution in [-0.4, -0.2) is 10.1 Å². The summed E-state index contributed by atoms with van der Waals surface area (Å²) in [6, 6.07) is 16.3. The number of carbonyl (C=O) groups is 1. The Kier molecular flexibility index (Phi) is 6.00. The first-order valence-electron chi connectivity index (χ1n) is 7.76. The third kappa shape index (κ3) is 4.89. The maximum Gasteiger partial charge on any atom is 0.287 e. The minimum Gasteiger partial charge on any atom is -0.455 e. The number of hydrogen-bond acceptors (Lipinski definition) is 3. The van der Waals surface area contributed by atoms with Crippen molar-refractivity contribution >= 4 is 32.6 Å². The smallest absolute Gasteiger partial charge is 0.287 e. The normalized spacial score (nSPS) is 11.9. The maximum atomic E-state index is 12.9. The van der Waals surface area contributed by atoms with Crippen molar-refractivity contribution in [2.45, 2.75) is 17.2 Å². The molecule has 0 radical (unpaired) electrons. The summed E-state index contributed by atoms with van der Waals surface area (Å²) < 4.78 is 31.6. The molecular formula is C19H15BrFNO3S. The highest BCUT2D eigenvalue weighted by Gasteiger charge is 2.13. The molecule has 3 rings (SSSR count). The van der Waals surface area contributed by atoms with Crippen LogP contribution >= 0.6 is 15.9 Å². The van der Waals surface area contributed by atoms with Crippen molar-refractivity contribution in [3.05, 3.63) is 88.0 Å². The molecule has 26 heavy (non-hydrogen) atoms. The van der Waals surface area contributed by atoms with Crippen molar-refractivity contribution in [1.82, 2.24) is 5.32 Å². The van der Waals surface area contributed by atoms with Gasteiger partial charge in [-0.15, -0.1) is 0 Å². The van der Waals surface area contributed by atoms with Crippen LogP contribution in [0.4, 0.5) is 4.39 Å². The second-order valence-electron chi connectivity index (χ2n) is 5.52. The van der Waals surface area contributed by atoms with Crippen LogP contribution in [0.2, 0.25) is 0 Å². The van der Waals surface area contributed by atoms with Crippen LogP contribution in [0.5, 0.6) is 0 Å². The minimum atomic E-state index is -1.26. The molecule has 1 N–H and O–H groups in total. The van der Waals surface area contributed by atoms with Gasteiger partial charge in [-0.2, -0.15) is 0 Å². The average molecular weight is 436 g/mol. The van der Waals surface area contributed by atoms with Crippen molar-refractivity contribution in [1.29, 1.82) is 0 Å². The first-order valence-corrected chi connectivity index (χ1v) is 9.88. The van der Waals surface area contributed by atoms with Crippen molar-refractivity contribution in [2.24, 2.45) is 0 Å². The molecule has 0 bridgehead atoms. The van der Waals surface area contributed by atoms with Crippen molar-refractivity contribution in [3.8, 4) is 0 Å². The Morgan fingerprint density at radius 3 is 2.42 bits per heavy atom. The molecule has 1 heterocycles. The lowest BCUT2D eigenvalue weighted by Crippen LogP contribution is -2.22. The van der Waals surface area contributed by atoms with E-state index < -0.39 is 10.8 Å². The van der Waals surface area contributed by atoms with E-state index in [-0.39, 0.29) is 29.8 Å². The van der Waals surface area contributed by atoms with E-state index >= 15 is 0 Å². The van der Waals surface area contributed by atoms with Gasteiger partial charge in [-0.05, 0) is 54.1 Å². The summed E-state index contributed by atoms with van der Waals surface area (Å²) in [5.41, 5.74) is 0.780. The molecule has 134 valence electrons. The Labute approximate surface area is 161 Å². The molecule has 0 fully saturated rings. The van der Waals surface area contributed by atoms with E-state index in [0.717, 1.165) is 10.0 Å². The van der Waals surface area contributed by atoms with Gasteiger partial charge in [-0.25, -0.2) is 4.39 Å². The van der Waals surface area contributed by atoms with Gasteiger partial charge in [0.25, 0.3) is 5.91 Å². The Bertz CT molecular complexity index is 923. The molecule has 1 aromatic heterocycles. The van der Waals surface area contributed by atoms with Crippen LogP contribution in [0.1, 0.15) is 21.9 Å². The SMILES string of the molecule is O=C(NCc1ccc(F)cc1)c1ccc(C[S@@](=O)c2ccc(Br)cc2)o1. The number of benzene rings is 2. The quantitative estimate of drug-likeness (QED) is 0.623. The molecule has 4 nitrogen and oxygen atoms in total. The highest BCUT2D eigenvalue weighted by atomic mass is 79.9. The first kappa shape index (κ1) is 18.5. The number of furan rings is 1. The summed E-state index contributed by atoms with van der Waals surface area (Å²) in [6.07, 6.45) is 0. The Balaban J connectivity index is 1.58. The van der Waals surface area contributed by atoms with E-state index in [2.05, 4.69) is 21.2 Å². The largest absolute Gasteiger partial charge is 0.455 e. The summed E-state index contributed by atoms with van der Waals surface area (Å²) in [5, 5.41) is 2.70. The average Bonchev–Trinajstić information content (AvgIpc) is 3.10. The molecule has 0 aliphatic carbocycles. The highest BCUT2D eigenvalue weighted by Crippen LogP contribution is 2.18. The molecule has 2 aromatic carbocycles. The van der Waals surface area contributed by atoms with E-state index in [9.17, 15) is 13.4 Å². The predicted molar refractivity (Wildman–Crippen MR) is 101 cm³/mol. The predicted octanol–water partition coefficient (Wildman–Crippen LogP) is 4.42. The molecule has 7 heteroatoms. The molecule has 0 saturated carbocycles. The molecule has 0 saturated heterocycles. The van der Waals surface area contributed by atoms with Gasteiger partial charge < -0.3 is 9.73 Å². The zero-order chi connectivity index (χ0) is 18.5. The minimum absolute atomic E-state index is 0.148. The van der Waals surface area contributed by atoms with Gasteiger partial charge in [0, 0.05) is 15.9 Å². The number of halogens is 2. The fourth-order valence-corrected chi connectivity index (χ4v) is 3.53. The van der Waals surface area contributed by atoms with E-state index in [1.54, 1.807) is 36.4 Å². The lowest BCUT2D eigenvalue weighted by atomic mass is 10.2. The van der Waals surface area contributed by atoms with Gasteiger partial charge in [-0.1, -0.05) is 28.1 Å². The fourth-order valence-electron chi connectivity index (χ4n) is 2.25. The van der Waals surface area contributed by atoms with E-state index in [0.29, 0.717) is 10.7 Å². The van der Waals surface area contributed by atoms with Crippen molar-refractivity contribution < 1.29 is 17.8 Å².